The summed E-state index contributed by atoms with van der Waals surface area (Å²) in [5, 5.41) is 8.30. The topological polar surface area (TPSA) is 24.1 Å². The first-order chi connectivity index (χ1) is 14.9. The molecular weight excluding hydrogens is 364 g/mol. The fourth-order valence-electron chi connectivity index (χ4n) is 5.51. The van der Waals surface area contributed by atoms with Crippen molar-refractivity contribution in [3.05, 3.63) is 71.8 Å². The molecule has 2 aromatic carbocycles. The van der Waals surface area contributed by atoms with Crippen LogP contribution in [0.5, 0.6) is 0 Å². The summed E-state index contributed by atoms with van der Waals surface area (Å²) in [6, 6.07) is 24.5. The van der Waals surface area contributed by atoms with Crippen LogP contribution in [0, 0.1) is 0 Å². The summed E-state index contributed by atoms with van der Waals surface area (Å²) in [6.07, 6.45) is 15.9. The van der Waals surface area contributed by atoms with Crippen molar-refractivity contribution in [2.45, 2.75) is 101 Å². The van der Waals surface area contributed by atoms with Crippen LogP contribution in [0.15, 0.2) is 60.7 Å². The molecule has 4 rings (SSSR count). The van der Waals surface area contributed by atoms with Crippen LogP contribution in [0.4, 0.5) is 0 Å². The molecule has 0 amide bonds. The molecular formula is C28H40N2. The van der Waals surface area contributed by atoms with Gasteiger partial charge in [-0.1, -0.05) is 99.2 Å². The van der Waals surface area contributed by atoms with Crippen LogP contribution in [0.1, 0.15) is 75.3 Å². The molecule has 0 radical (unpaired) electrons. The van der Waals surface area contributed by atoms with Gasteiger partial charge in [-0.05, 0) is 49.7 Å². The Morgan fingerprint density at radius 2 is 0.900 bits per heavy atom. The smallest absolute Gasteiger partial charge is 0.0267 e. The van der Waals surface area contributed by atoms with Gasteiger partial charge in [-0.25, -0.2) is 0 Å². The Bertz CT molecular complexity index is 638. The normalized spacial score (nSPS) is 20.7. The second kappa shape index (κ2) is 11.7. The van der Waals surface area contributed by atoms with Crippen molar-refractivity contribution >= 4 is 0 Å². The van der Waals surface area contributed by atoms with Crippen LogP contribution < -0.4 is 10.6 Å². The third-order valence-electron chi connectivity index (χ3n) is 7.19. The van der Waals surface area contributed by atoms with Crippen molar-refractivity contribution in [1.29, 1.82) is 0 Å². The van der Waals surface area contributed by atoms with Crippen LogP contribution in [-0.4, -0.2) is 24.2 Å². The van der Waals surface area contributed by atoms with Gasteiger partial charge in [0.2, 0.25) is 0 Å². The average molecular weight is 405 g/mol. The van der Waals surface area contributed by atoms with E-state index >= 15 is 0 Å². The standard InChI is InChI=1S/C28H40N2/c1-5-13-23(14-6-1)21-27(29-25-17-9-3-10-18-25)28(22-24-15-7-2-8-16-24)30-26-19-11-4-12-20-26/h1-2,5-8,13-16,25-30H,3-4,9-12,17-22H2. The molecule has 2 nitrogen and oxygen atoms in total. The Hall–Kier alpha value is -1.64. The van der Waals surface area contributed by atoms with E-state index in [1.807, 2.05) is 0 Å². The van der Waals surface area contributed by atoms with Crippen LogP contribution in [-0.2, 0) is 12.8 Å². The summed E-state index contributed by atoms with van der Waals surface area (Å²) in [7, 11) is 0. The predicted octanol–water partition coefficient (Wildman–Crippen LogP) is 6.05. The zero-order valence-corrected chi connectivity index (χ0v) is 18.6. The maximum absolute atomic E-state index is 4.15. The van der Waals surface area contributed by atoms with Gasteiger partial charge in [0.15, 0.2) is 0 Å². The van der Waals surface area contributed by atoms with Crippen molar-refractivity contribution in [2.24, 2.45) is 0 Å². The highest BCUT2D eigenvalue weighted by Gasteiger charge is 2.28. The molecule has 0 aliphatic heterocycles. The Morgan fingerprint density at radius 1 is 0.533 bits per heavy atom. The molecule has 0 saturated heterocycles. The molecule has 2 N–H and O–H groups in total. The van der Waals surface area contributed by atoms with Crippen molar-refractivity contribution < 1.29 is 0 Å². The molecule has 0 heterocycles. The van der Waals surface area contributed by atoms with Gasteiger partial charge < -0.3 is 10.6 Å². The number of hydrogen-bond donors (Lipinski definition) is 2. The number of hydrogen-bond acceptors (Lipinski definition) is 2. The summed E-state index contributed by atoms with van der Waals surface area (Å²) >= 11 is 0. The molecule has 30 heavy (non-hydrogen) atoms. The summed E-state index contributed by atoms with van der Waals surface area (Å²) in [4.78, 5) is 0. The molecule has 2 unspecified atom stereocenters. The molecule has 2 heteroatoms. The minimum absolute atomic E-state index is 0.470. The molecule has 2 aliphatic rings. The van der Waals surface area contributed by atoms with Crippen molar-refractivity contribution in [1.82, 2.24) is 10.6 Å². The lowest BCUT2D eigenvalue weighted by Crippen LogP contribution is -2.56. The van der Waals surface area contributed by atoms with E-state index < -0.39 is 0 Å². The Balaban J connectivity index is 1.53. The lowest BCUT2D eigenvalue weighted by Gasteiger charge is -2.37. The summed E-state index contributed by atoms with van der Waals surface area (Å²) in [5.74, 6) is 0. The van der Waals surface area contributed by atoms with Gasteiger partial charge in [-0.15, -0.1) is 0 Å². The quantitative estimate of drug-likeness (QED) is 0.531. The minimum Gasteiger partial charge on any atom is -0.309 e. The van der Waals surface area contributed by atoms with Crippen molar-refractivity contribution in [3.63, 3.8) is 0 Å². The Kier molecular flexibility index (Phi) is 8.40. The van der Waals surface area contributed by atoms with Crippen LogP contribution in [0.2, 0.25) is 0 Å². The number of nitrogens with one attached hydrogen (secondary N) is 2. The molecule has 162 valence electrons. The molecule has 0 bridgehead atoms. The predicted molar refractivity (Wildman–Crippen MR) is 128 cm³/mol. The van der Waals surface area contributed by atoms with Gasteiger partial charge in [0, 0.05) is 24.2 Å². The Morgan fingerprint density at radius 3 is 1.27 bits per heavy atom. The van der Waals surface area contributed by atoms with Gasteiger partial charge in [0.1, 0.15) is 0 Å². The summed E-state index contributed by atoms with van der Waals surface area (Å²) in [6.45, 7) is 0. The molecule has 2 saturated carbocycles. The van der Waals surface area contributed by atoms with Crippen molar-refractivity contribution in [3.8, 4) is 0 Å². The lowest BCUT2D eigenvalue weighted by molar-refractivity contribution is 0.254. The number of rotatable bonds is 9. The highest BCUT2D eigenvalue weighted by atomic mass is 15.1. The third-order valence-corrected chi connectivity index (χ3v) is 7.19. The first kappa shape index (κ1) is 21.6. The van der Waals surface area contributed by atoms with Gasteiger partial charge in [0.25, 0.3) is 0 Å². The Labute approximate surface area is 183 Å². The minimum atomic E-state index is 0.470. The van der Waals surface area contributed by atoms with Crippen LogP contribution in [0.25, 0.3) is 0 Å². The van der Waals surface area contributed by atoms with Gasteiger partial charge in [-0.3, -0.25) is 0 Å². The molecule has 2 aromatic rings. The highest BCUT2D eigenvalue weighted by Crippen LogP contribution is 2.23. The summed E-state index contributed by atoms with van der Waals surface area (Å²) in [5.41, 5.74) is 2.91. The van der Waals surface area contributed by atoms with E-state index in [2.05, 4.69) is 71.3 Å². The van der Waals surface area contributed by atoms with Crippen molar-refractivity contribution in [2.75, 3.05) is 0 Å². The van der Waals surface area contributed by atoms with Gasteiger partial charge in [0.05, 0.1) is 0 Å². The summed E-state index contributed by atoms with van der Waals surface area (Å²) < 4.78 is 0. The molecule has 2 atom stereocenters. The third kappa shape index (κ3) is 6.68. The fourth-order valence-corrected chi connectivity index (χ4v) is 5.51. The molecule has 0 spiro atoms. The molecule has 2 fully saturated rings. The zero-order valence-electron chi connectivity index (χ0n) is 18.6. The van der Waals surface area contributed by atoms with E-state index in [1.165, 1.54) is 75.3 Å². The van der Waals surface area contributed by atoms with E-state index in [1.54, 1.807) is 0 Å². The van der Waals surface area contributed by atoms with Gasteiger partial charge in [-0.2, -0.15) is 0 Å². The van der Waals surface area contributed by atoms with E-state index in [0.29, 0.717) is 24.2 Å². The maximum atomic E-state index is 4.15. The van der Waals surface area contributed by atoms with Gasteiger partial charge >= 0.3 is 0 Å². The van der Waals surface area contributed by atoms with Crippen LogP contribution >= 0.6 is 0 Å². The molecule has 0 aromatic heterocycles. The monoisotopic (exact) mass is 404 g/mol. The van der Waals surface area contributed by atoms with E-state index in [0.717, 1.165) is 12.8 Å². The SMILES string of the molecule is c1ccc(CC(NC2CCCCC2)C(Cc2ccccc2)NC2CCCCC2)cc1. The second-order valence-electron chi connectivity index (χ2n) is 9.60. The maximum Gasteiger partial charge on any atom is 0.0267 e. The number of benzene rings is 2. The van der Waals surface area contributed by atoms with E-state index in [9.17, 15) is 0 Å². The zero-order chi connectivity index (χ0) is 20.4. The second-order valence-corrected chi connectivity index (χ2v) is 9.60. The highest BCUT2D eigenvalue weighted by molar-refractivity contribution is 5.20. The average Bonchev–Trinajstić information content (AvgIpc) is 2.81. The van der Waals surface area contributed by atoms with E-state index in [-0.39, 0.29) is 0 Å². The van der Waals surface area contributed by atoms with Crippen LogP contribution in [0.3, 0.4) is 0 Å². The van der Waals surface area contributed by atoms with E-state index in [4.69, 9.17) is 0 Å². The fraction of sp³-hybridized carbons (Fsp3) is 0.571. The first-order valence-corrected chi connectivity index (χ1v) is 12.5. The first-order valence-electron chi connectivity index (χ1n) is 12.5. The lowest BCUT2D eigenvalue weighted by atomic mass is 9.88. The largest absolute Gasteiger partial charge is 0.309 e. The molecule has 2 aliphatic carbocycles.